The molecule has 0 fully saturated rings. The monoisotopic (exact) mass is 114 g/mol. The van der Waals surface area contributed by atoms with Gasteiger partial charge in [-0.25, -0.2) is 0 Å². The van der Waals surface area contributed by atoms with Gasteiger partial charge in [-0.2, -0.15) is 4.37 Å². The minimum Gasteiger partial charge on any atom is -0.486 e. The Morgan fingerprint density at radius 3 is 3.14 bits per heavy atom. The summed E-state index contributed by atoms with van der Waals surface area (Å²) in [7, 11) is 1.60. The van der Waals surface area contributed by atoms with E-state index in [4.69, 9.17) is 4.74 Å². The average Bonchev–Trinajstić information content (AvgIpc) is 2.14. The van der Waals surface area contributed by atoms with Crippen molar-refractivity contribution in [1.29, 1.82) is 0 Å². The van der Waals surface area contributed by atoms with Crippen LogP contribution in [0.25, 0.3) is 0 Å². The van der Waals surface area contributed by atoms with E-state index in [1.807, 2.05) is 0 Å². The predicted octanol–water partition coefficient (Wildman–Crippen LogP) is 0.952. The molecule has 1 aromatic heterocycles. The van der Waals surface area contributed by atoms with Crippen LogP contribution in [0.3, 0.4) is 0 Å². The smallest absolute Gasteiger partial charge is 0.201 e. The van der Waals surface area contributed by atoms with Crippen molar-refractivity contribution in [3.63, 3.8) is 0 Å². The summed E-state index contributed by atoms with van der Waals surface area (Å²) in [5.74, 6) is 0. The Morgan fingerprint density at radius 1 is 2.00 bits per heavy atom. The first-order chi connectivity index (χ1) is 3.43. The van der Waals surface area contributed by atoms with Gasteiger partial charge >= 0.3 is 0 Å². The average molecular weight is 114 g/mol. The molecule has 0 saturated carbocycles. The molecule has 1 aromatic rings. The molecule has 0 saturated heterocycles. The Balaban J connectivity index is 2.76. The zero-order valence-electron chi connectivity index (χ0n) is 3.84. The lowest BCUT2D eigenvalue weighted by molar-refractivity contribution is 0.426. The van der Waals surface area contributed by atoms with E-state index in [0.717, 1.165) is 5.06 Å². The van der Waals surface area contributed by atoms with E-state index in [0.29, 0.717) is 0 Å². The molecule has 0 bridgehead atoms. The van der Waals surface area contributed by atoms with Gasteiger partial charge in [-0.3, -0.25) is 0 Å². The van der Waals surface area contributed by atoms with Gasteiger partial charge < -0.3 is 4.74 Å². The van der Waals surface area contributed by atoms with Gasteiger partial charge in [0.05, 0.1) is 19.4 Å². The molecule has 0 aliphatic heterocycles. The minimum atomic E-state index is 0.736. The molecule has 0 aromatic carbocycles. The summed E-state index contributed by atoms with van der Waals surface area (Å²) in [6.45, 7) is 0. The van der Waals surface area contributed by atoms with Crippen LogP contribution < -0.4 is 4.74 Å². The lowest BCUT2D eigenvalue weighted by Gasteiger charge is -1.84. The van der Waals surface area contributed by atoms with Crippen molar-refractivity contribution in [1.82, 2.24) is 4.37 Å². The number of hydrogen-bond acceptors (Lipinski definition) is 3. The highest BCUT2D eigenvalue weighted by Crippen LogP contribution is 2.11. The van der Waals surface area contributed by atoms with E-state index < -0.39 is 0 Å². The molecule has 0 N–H and O–H groups in total. The Morgan fingerprint density at radius 2 is 2.86 bits per heavy atom. The highest BCUT2D eigenvalue weighted by molar-refractivity contribution is 7.07. The fraction of sp³-hybridized carbons (Fsp3) is 0.250. The van der Waals surface area contributed by atoms with E-state index in [1.54, 1.807) is 13.3 Å². The van der Waals surface area contributed by atoms with Crippen LogP contribution in [0.15, 0.2) is 6.20 Å². The molecule has 0 unspecified atom stereocenters. The van der Waals surface area contributed by atoms with Crippen molar-refractivity contribution >= 4 is 11.5 Å². The first-order valence-corrected chi connectivity index (χ1v) is 2.57. The molecule has 1 heterocycles. The van der Waals surface area contributed by atoms with Gasteiger partial charge in [0, 0.05) is 11.5 Å². The van der Waals surface area contributed by atoms with E-state index in [-0.39, 0.29) is 0 Å². The van der Waals surface area contributed by atoms with E-state index in [2.05, 4.69) is 10.4 Å². The molecule has 0 aliphatic carbocycles. The Bertz CT molecular complexity index is 126. The van der Waals surface area contributed by atoms with Crippen LogP contribution >= 0.6 is 11.5 Å². The van der Waals surface area contributed by atoms with Gasteiger partial charge in [0.1, 0.15) is 0 Å². The summed E-state index contributed by atoms with van der Waals surface area (Å²) in [6, 6.07) is 2.77. The van der Waals surface area contributed by atoms with E-state index in [9.17, 15) is 0 Å². The topological polar surface area (TPSA) is 22.1 Å². The summed E-state index contributed by atoms with van der Waals surface area (Å²) in [5, 5.41) is 0.736. The fourth-order valence-electron chi connectivity index (χ4n) is 0.276. The summed E-state index contributed by atoms with van der Waals surface area (Å²) in [5.41, 5.74) is 0. The number of aromatic nitrogens is 1. The van der Waals surface area contributed by atoms with Gasteiger partial charge in [-0.15, -0.1) is 0 Å². The molecule has 0 spiro atoms. The third-order valence-electron chi connectivity index (χ3n) is 0.556. The van der Waals surface area contributed by atoms with E-state index in [1.165, 1.54) is 11.5 Å². The molecule has 2 nitrogen and oxygen atoms in total. The van der Waals surface area contributed by atoms with Gasteiger partial charge in [0.15, 0.2) is 0 Å². The zero-order valence-corrected chi connectivity index (χ0v) is 4.66. The number of rotatable bonds is 1. The highest BCUT2D eigenvalue weighted by atomic mass is 32.1. The molecule has 37 valence electrons. The molecule has 1 radical (unpaired) electrons. The summed E-state index contributed by atoms with van der Waals surface area (Å²) in [6.07, 6.45) is 1.59. The lowest BCUT2D eigenvalue weighted by Crippen LogP contribution is -1.73. The highest BCUT2D eigenvalue weighted by Gasteiger charge is 1.86. The van der Waals surface area contributed by atoms with Crippen LogP contribution in [0, 0.1) is 6.07 Å². The second-order valence-corrected chi connectivity index (χ2v) is 1.73. The van der Waals surface area contributed by atoms with Crippen LogP contribution in [-0.2, 0) is 0 Å². The number of methoxy groups -OCH3 is 1. The predicted molar refractivity (Wildman–Crippen MR) is 27.5 cm³/mol. The summed E-state index contributed by atoms with van der Waals surface area (Å²) >= 11 is 1.30. The van der Waals surface area contributed by atoms with Crippen LogP contribution in [0.4, 0.5) is 0 Å². The van der Waals surface area contributed by atoms with E-state index >= 15 is 0 Å². The number of hydrogen-bond donors (Lipinski definition) is 0. The Labute approximate surface area is 45.9 Å². The molecule has 0 amide bonds. The second kappa shape index (κ2) is 1.93. The van der Waals surface area contributed by atoms with Gasteiger partial charge in [-0.05, 0) is 0 Å². The molecule has 7 heavy (non-hydrogen) atoms. The van der Waals surface area contributed by atoms with Crippen LogP contribution in [0.5, 0.6) is 5.06 Å². The molecule has 3 heteroatoms. The first kappa shape index (κ1) is 4.59. The standard InChI is InChI=1S/C4H4NOS/c1-6-4-2-3-5-7-4/h3H,1H3. The van der Waals surface area contributed by atoms with Crippen LogP contribution in [0.1, 0.15) is 0 Å². The van der Waals surface area contributed by atoms with Gasteiger partial charge in [-0.1, -0.05) is 0 Å². The lowest BCUT2D eigenvalue weighted by atomic mass is 10.7. The van der Waals surface area contributed by atoms with Gasteiger partial charge in [0.25, 0.3) is 0 Å². The third kappa shape index (κ3) is 0.899. The van der Waals surface area contributed by atoms with Crippen molar-refractivity contribution in [3.05, 3.63) is 12.3 Å². The normalized spacial score (nSPS) is 8.71. The van der Waals surface area contributed by atoms with Crippen molar-refractivity contribution in [3.8, 4) is 5.06 Å². The summed E-state index contributed by atoms with van der Waals surface area (Å²) in [4.78, 5) is 0. The first-order valence-electron chi connectivity index (χ1n) is 1.80. The Kier molecular flexibility index (Phi) is 1.26. The maximum Gasteiger partial charge on any atom is 0.201 e. The minimum absolute atomic E-state index is 0.736. The summed E-state index contributed by atoms with van der Waals surface area (Å²) < 4.78 is 8.51. The third-order valence-corrected chi connectivity index (χ3v) is 1.22. The van der Waals surface area contributed by atoms with Crippen molar-refractivity contribution < 1.29 is 4.74 Å². The van der Waals surface area contributed by atoms with Crippen molar-refractivity contribution in [2.75, 3.05) is 7.11 Å². The molecular formula is C4H4NOS. The maximum atomic E-state index is 4.75. The van der Waals surface area contributed by atoms with Gasteiger partial charge in [0.2, 0.25) is 5.06 Å². The molecule has 0 atom stereocenters. The zero-order chi connectivity index (χ0) is 5.11. The largest absolute Gasteiger partial charge is 0.486 e. The molecule has 1 rings (SSSR count). The number of nitrogens with zero attached hydrogens (tertiary/aromatic N) is 1. The fourth-order valence-corrected chi connectivity index (χ4v) is 0.657. The Hall–Kier alpha value is -0.570. The quantitative estimate of drug-likeness (QED) is 0.542. The second-order valence-electron chi connectivity index (χ2n) is 0.962. The molecule has 0 aliphatic rings. The van der Waals surface area contributed by atoms with Crippen LogP contribution in [0.2, 0.25) is 0 Å². The van der Waals surface area contributed by atoms with Crippen molar-refractivity contribution in [2.45, 2.75) is 0 Å². The molecular weight excluding hydrogens is 110 g/mol. The van der Waals surface area contributed by atoms with Crippen LogP contribution in [-0.4, -0.2) is 11.5 Å². The number of ether oxygens (including phenoxy) is 1. The maximum absolute atomic E-state index is 4.75. The van der Waals surface area contributed by atoms with Crippen molar-refractivity contribution in [2.24, 2.45) is 0 Å². The SMILES string of the molecule is COc1[c]cns1.